The number of benzene rings is 1. The van der Waals surface area contributed by atoms with Crippen LogP contribution in [0.2, 0.25) is 5.15 Å². The van der Waals surface area contributed by atoms with E-state index in [2.05, 4.69) is 21.0 Å². The Morgan fingerprint density at radius 1 is 1.50 bits per heavy atom. The van der Waals surface area contributed by atoms with Gasteiger partial charge in [0.2, 0.25) is 0 Å². The molecule has 0 fully saturated rings. The summed E-state index contributed by atoms with van der Waals surface area (Å²) in [5.74, 6) is 0. The van der Waals surface area contributed by atoms with E-state index in [4.69, 9.17) is 11.6 Å². The van der Waals surface area contributed by atoms with Gasteiger partial charge in [-0.05, 0) is 28.1 Å². The molecule has 0 spiro atoms. The van der Waals surface area contributed by atoms with Gasteiger partial charge >= 0.3 is 0 Å². The van der Waals surface area contributed by atoms with Crippen molar-refractivity contribution in [1.82, 2.24) is 9.78 Å². The quantitative estimate of drug-likeness (QED) is 0.698. The van der Waals surface area contributed by atoms with E-state index in [1.165, 1.54) is 0 Å². The fourth-order valence-corrected chi connectivity index (χ4v) is 1.79. The predicted octanol–water partition coefficient (Wildman–Crippen LogP) is 2.99. The van der Waals surface area contributed by atoms with E-state index < -0.39 is 0 Å². The monoisotopic (exact) mass is 244 g/mol. The molecule has 0 N–H and O–H groups in total. The Labute approximate surface area is 83.3 Å². The molecule has 4 heteroatoms. The van der Waals surface area contributed by atoms with Crippen molar-refractivity contribution >= 4 is 38.4 Å². The van der Waals surface area contributed by atoms with Crippen LogP contribution in [0.4, 0.5) is 0 Å². The second-order valence-electron chi connectivity index (χ2n) is 2.55. The van der Waals surface area contributed by atoms with Crippen LogP contribution in [0.25, 0.3) is 10.9 Å². The molecule has 0 aliphatic carbocycles. The normalized spacial score (nSPS) is 10.9. The Hall–Kier alpha value is -0.540. The first-order valence-corrected chi connectivity index (χ1v) is 4.64. The van der Waals surface area contributed by atoms with Crippen LogP contribution in [0, 0.1) is 0 Å². The second-order valence-corrected chi connectivity index (χ2v) is 3.76. The van der Waals surface area contributed by atoms with Crippen LogP contribution < -0.4 is 0 Å². The highest BCUT2D eigenvalue weighted by Crippen LogP contribution is 2.27. The SMILES string of the molecule is Cn1nc2c(Br)cccc2c1Cl. The maximum Gasteiger partial charge on any atom is 0.134 e. The Bertz CT molecular complexity index is 436. The zero-order valence-corrected chi connectivity index (χ0v) is 8.72. The number of fused-ring (bicyclic) bond motifs is 1. The summed E-state index contributed by atoms with van der Waals surface area (Å²) in [5, 5.41) is 5.90. The average Bonchev–Trinajstić information content (AvgIpc) is 2.32. The third-order valence-corrected chi connectivity index (χ3v) is 2.83. The topological polar surface area (TPSA) is 17.8 Å². The third kappa shape index (κ3) is 1.04. The van der Waals surface area contributed by atoms with Gasteiger partial charge in [0.1, 0.15) is 10.7 Å². The van der Waals surface area contributed by atoms with Gasteiger partial charge in [-0.25, -0.2) is 0 Å². The van der Waals surface area contributed by atoms with E-state index in [9.17, 15) is 0 Å². The Kier molecular flexibility index (Phi) is 1.85. The van der Waals surface area contributed by atoms with Crippen molar-refractivity contribution in [3.63, 3.8) is 0 Å². The molecule has 12 heavy (non-hydrogen) atoms. The maximum absolute atomic E-state index is 5.99. The number of rotatable bonds is 0. The standard InChI is InChI=1S/C8H6BrClN2/c1-12-8(10)5-3-2-4-6(9)7(5)11-12/h2-4H,1H3. The molecule has 2 rings (SSSR count). The molecule has 2 nitrogen and oxygen atoms in total. The summed E-state index contributed by atoms with van der Waals surface area (Å²) >= 11 is 9.40. The van der Waals surface area contributed by atoms with Crippen LogP contribution in [-0.4, -0.2) is 9.78 Å². The van der Waals surface area contributed by atoms with Gasteiger partial charge in [-0.2, -0.15) is 5.10 Å². The fraction of sp³-hybridized carbons (Fsp3) is 0.125. The van der Waals surface area contributed by atoms with E-state index in [0.717, 1.165) is 15.4 Å². The highest BCUT2D eigenvalue weighted by molar-refractivity contribution is 9.10. The minimum Gasteiger partial charge on any atom is -0.256 e. The third-order valence-electron chi connectivity index (χ3n) is 1.74. The highest BCUT2D eigenvalue weighted by Gasteiger charge is 2.07. The molecule has 0 atom stereocenters. The first kappa shape index (κ1) is 8.08. The molecule has 62 valence electrons. The van der Waals surface area contributed by atoms with Gasteiger partial charge in [-0.15, -0.1) is 0 Å². The van der Waals surface area contributed by atoms with Crippen LogP contribution in [0.15, 0.2) is 22.7 Å². The van der Waals surface area contributed by atoms with Gasteiger partial charge in [-0.3, -0.25) is 4.68 Å². The number of hydrogen-bond donors (Lipinski definition) is 0. The van der Waals surface area contributed by atoms with Crippen molar-refractivity contribution in [3.05, 3.63) is 27.8 Å². The van der Waals surface area contributed by atoms with Crippen LogP contribution in [0.1, 0.15) is 0 Å². The average molecular weight is 246 g/mol. The molecule has 0 unspecified atom stereocenters. The molecule has 0 bridgehead atoms. The molecule has 0 aliphatic heterocycles. The lowest BCUT2D eigenvalue weighted by atomic mass is 10.3. The Balaban J connectivity index is 2.95. The zero-order chi connectivity index (χ0) is 8.72. The van der Waals surface area contributed by atoms with Crippen LogP contribution in [0.5, 0.6) is 0 Å². The van der Waals surface area contributed by atoms with Crippen LogP contribution >= 0.6 is 27.5 Å². The van der Waals surface area contributed by atoms with Crippen molar-refractivity contribution in [1.29, 1.82) is 0 Å². The number of aryl methyl sites for hydroxylation is 1. The Morgan fingerprint density at radius 2 is 2.25 bits per heavy atom. The minimum absolute atomic E-state index is 0.673. The van der Waals surface area contributed by atoms with Crippen LogP contribution in [-0.2, 0) is 7.05 Å². The summed E-state index contributed by atoms with van der Waals surface area (Å²) in [6.45, 7) is 0. The highest BCUT2D eigenvalue weighted by atomic mass is 79.9. The van der Waals surface area contributed by atoms with Gasteiger partial charge in [0, 0.05) is 16.9 Å². The molecule has 1 aromatic carbocycles. The van der Waals surface area contributed by atoms with Crippen molar-refractivity contribution in [2.24, 2.45) is 7.05 Å². The van der Waals surface area contributed by atoms with Crippen molar-refractivity contribution in [3.8, 4) is 0 Å². The summed E-state index contributed by atoms with van der Waals surface area (Å²) in [5.41, 5.74) is 0.907. The number of halogens is 2. The van der Waals surface area contributed by atoms with Crippen LogP contribution in [0.3, 0.4) is 0 Å². The molecule has 2 aromatic rings. The molecule has 0 radical (unpaired) electrons. The maximum atomic E-state index is 5.99. The first-order valence-electron chi connectivity index (χ1n) is 3.47. The minimum atomic E-state index is 0.673. The van der Waals surface area contributed by atoms with Crippen molar-refractivity contribution in [2.75, 3.05) is 0 Å². The molecule has 0 aliphatic rings. The summed E-state index contributed by atoms with van der Waals surface area (Å²) in [6, 6.07) is 5.85. The lowest BCUT2D eigenvalue weighted by Gasteiger charge is -1.89. The molecule has 0 amide bonds. The second kappa shape index (κ2) is 2.75. The van der Waals surface area contributed by atoms with E-state index in [-0.39, 0.29) is 0 Å². The predicted molar refractivity (Wildman–Crippen MR) is 53.4 cm³/mol. The summed E-state index contributed by atoms with van der Waals surface area (Å²) in [7, 11) is 1.83. The molecule has 0 saturated carbocycles. The fourth-order valence-electron chi connectivity index (χ4n) is 1.15. The molecule has 1 aromatic heterocycles. The van der Waals surface area contributed by atoms with Gasteiger partial charge in [0.15, 0.2) is 0 Å². The van der Waals surface area contributed by atoms with Gasteiger partial charge in [-0.1, -0.05) is 17.7 Å². The number of hydrogen-bond acceptors (Lipinski definition) is 1. The van der Waals surface area contributed by atoms with E-state index in [1.807, 2.05) is 25.2 Å². The van der Waals surface area contributed by atoms with E-state index in [0.29, 0.717) is 5.15 Å². The summed E-state index contributed by atoms with van der Waals surface area (Å²) in [6.07, 6.45) is 0. The van der Waals surface area contributed by atoms with Crippen molar-refractivity contribution in [2.45, 2.75) is 0 Å². The van der Waals surface area contributed by atoms with Crippen molar-refractivity contribution < 1.29 is 0 Å². The summed E-state index contributed by atoms with van der Waals surface area (Å²) in [4.78, 5) is 0. The number of aromatic nitrogens is 2. The molecule has 0 saturated heterocycles. The Morgan fingerprint density at radius 3 is 2.92 bits per heavy atom. The van der Waals surface area contributed by atoms with E-state index >= 15 is 0 Å². The van der Waals surface area contributed by atoms with Gasteiger partial charge in [0.25, 0.3) is 0 Å². The molecular formula is C8H6BrClN2. The van der Waals surface area contributed by atoms with Gasteiger partial charge < -0.3 is 0 Å². The zero-order valence-electron chi connectivity index (χ0n) is 6.38. The molecular weight excluding hydrogens is 239 g/mol. The molecule has 1 heterocycles. The largest absolute Gasteiger partial charge is 0.256 e. The summed E-state index contributed by atoms with van der Waals surface area (Å²) < 4.78 is 2.64. The first-order chi connectivity index (χ1) is 5.70. The van der Waals surface area contributed by atoms with Gasteiger partial charge in [0.05, 0.1) is 0 Å². The lowest BCUT2D eigenvalue weighted by molar-refractivity contribution is 0.780. The number of nitrogens with zero attached hydrogens (tertiary/aromatic N) is 2. The lowest BCUT2D eigenvalue weighted by Crippen LogP contribution is -1.87. The van der Waals surface area contributed by atoms with E-state index in [1.54, 1.807) is 4.68 Å². The smallest absolute Gasteiger partial charge is 0.134 e.